The van der Waals surface area contributed by atoms with Crippen LogP contribution in [0.4, 0.5) is 5.69 Å². The molecule has 0 fully saturated rings. The molecule has 1 aromatic carbocycles. The fourth-order valence-corrected chi connectivity index (χ4v) is 1.77. The van der Waals surface area contributed by atoms with Crippen LogP contribution in [0, 0.1) is 18.9 Å². The molecule has 0 saturated heterocycles. The second kappa shape index (κ2) is 4.86. The molecule has 0 bridgehead atoms. The highest BCUT2D eigenvalue weighted by atomic mass is 14.7. The van der Waals surface area contributed by atoms with Gasteiger partial charge in [0.15, 0.2) is 5.69 Å². The molecule has 0 unspecified atom stereocenters. The second-order valence-corrected chi connectivity index (χ2v) is 4.57. The molecule has 0 radical (unpaired) electrons. The molecule has 0 aliphatic rings. The molecular formula is C15H17N. The van der Waals surface area contributed by atoms with Crippen LogP contribution in [-0.4, -0.2) is 0 Å². The van der Waals surface area contributed by atoms with Gasteiger partial charge in [-0.25, -0.2) is 4.85 Å². The maximum absolute atomic E-state index is 7.31. The van der Waals surface area contributed by atoms with E-state index in [2.05, 4.69) is 38.5 Å². The standard InChI is InChI=1S/C15H17N/c1-7-12-8-13(10(2)3)15(16-6)14(9-12)11(4)5/h1,8-11H,2-5H3. The lowest BCUT2D eigenvalue weighted by Crippen LogP contribution is -1.96. The molecule has 1 aromatic rings. The summed E-state index contributed by atoms with van der Waals surface area (Å²) in [5, 5.41) is 0. The summed E-state index contributed by atoms with van der Waals surface area (Å²) in [4.78, 5) is 3.67. The summed E-state index contributed by atoms with van der Waals surface area (Å²) < 4.78 is 0. The van der Waals surface area contributed by atoms with Crippen molar-refractivity contribution in [2.45, 2.75) is 39.5 Å². The first-order chi connectivity index (χ1) is 7.51. The zero-order valence-corrected chi connectivity index (χ0v) is 10.3. The quantitative estimate of drug-likeness (QED) is 0.502. The van der Waals surface area contributed by atoms with Gasteiger partial charge in [-0.3, -0.25) is 0 Å². The van der Waals surface area contributed by atoms with Gasteiger partial charge in [0, 0.05) is 5.56 Å². The van der Waals surface area contributed by atoms with Crippen molar-refractivity contribution in [1.29, 1.82) is 0 Å². The fourth-order valence-electron chi connectivity index (χ4n) is 1.77. The van der Waals surface area contributed by atoms with Crippen molar-refractivity contribution >= 4 is 5.69 Å². The third-order valence-corrected chi connectivity index (χ3v) is 2.69. The molecule has 16 heavy (non-hydrogen) atoms. The van der Waals surface area contributed by atoms with Gasteiger partial charge in [0.1, 0.15) is 0 Å². The molecule has 0 aromatic heterocycles. The van der Waals surface area contributed by atoms with Crippen molar-refractivity contribution in [2.24, 2.45) is 0 Å². The third kappa shape index (κ3) is 2.26. The highest BCUT2D eigenvalue weighted by Gasteiger charge is 2.15. The highest BCUT2D eigenvalue weighted by Crippen LogP contribution is 2.35. The van der Waals surface area contributed by atoms with E-state index in [0.29, 0.717) is 11.8 Å². The predicted octanol–water partition coefficient (Wildman–Crippen LogP) is 4.47. The summed E-state index contributed by atoms with van der Waals surface area (Å²) in [6, 6.07) is 3.92. The number of nitrogens with zero attached hydrogens (tertiary/aromatic N) is 1. The molecule has 0 heterocycles. The SMILES string of the molecule is [C-]#[N+]c1c(C(C)C)cc(C#C)cc1C(C)C. The van der Waals surface area contributed by atoms with Crippen LogP contribution in [0.5, 0.6) is 0 Å². The first-order valence-electron chi connectivity index (χ1n) is 5.53. The summed E-state index contributed by atoms with van der Waals surface area (Å²) >= 11 is 0. The Kier molecular flexibility index (Phi) is 3.75. The van der Waals surface area contributed by atoms with E-state index in [-0.39, 0.29) is 0 Å². The van der Waals surface area contributed by atoms with Gasteiger partial charge in [0.05, 0.1) is 6.57 Å². The summed E-state index contributed by atoms with van der Waals surface area (Å²) in [7, 11) is 0. The van der Waals surface area contributed by atoms with Gasteiger partial charge in [0.2, 0.25) is 0 Å². The van der Waals surface area contributed by atoms with E-state index in [1.807, 2.05) is 12.1 Å². The molecule has 0 spiro atoms. The number of hydrogen-bond acceptors (Lipinski definition) is 0. The Morgan fingerprint density at radius 1 is 1.12 bits per heavy atom. The lowest BCUT2D eigenvalue weighted by Gasteiger charge is -2.15. The van der Waals surface area contributed by atoms with E-state index < -0.39 is 0 Å². The Labute approximate surface area is 98.3 Å². The summed E-state index contributed by atoms with van der Waals surface area (Å²) in [5.41, 5.74) is 3.78. The van der Waals surface area contributed by atoms with Crippen molar-refractivity contribution < 1.29 is 0 Å². The third-order valence-electron chi connectivity index (χ3n) is 2.69. The molecule has 0 N–H and O–H groups in total. The Balaban J connectivity index is 3.56. The van der Waals surface area contributed by atoms with Gasteiger partial charge in [-0.15, -0.1) is 6.42 Å². The van der Waals surface area contributed by atoms with Crippen LogP contribution in [0.1, 0.15) is 56.2 Å². The van der Waals surface area contributed by atoms with Crippen LogP contribution in [0.15, 0.2) is 12.1 Å². The molecule has 82 valence electrons. The van der Waals surface area contributed by atoms with E-state index in [9.17, 15) is 0 Å². The minimum absolute atomic E-state index is 0.329. The topological polar surface area (TPSA) is 4.36 Å². The maximum Gasteiger partial charge on any atom is 0.194 e. The van der Waals surface area contributed by atoms with E-state index in [1.54, 1.807) is 0 Å². The Morgan fingerprint density at radius 2 is 1.56 bits per heavy atom. The van der Waals surface area contributed by atoms with Crippen molar-refractivity contribution in [3.8, 4) is 12.3 Å². The van der Waals surface area contributed by atoms with Crippen LogP contribution >= 0.6 is 0 Å². The van der Waals surface area contributed by atoms with Crippen LogP contribution < -0.4 is 0 Å². The lowest BCUT2D eigenvalue weighted by molar-refractivity contribution is 0.841. The van der Waals surface area contributed by atoms with Gasteiger partial charge >= 0.3 is 0 Å². The zero-order valence-electron chi connectivity index (χ0n) is 10.3. The largest absolute Gasteiger partial charge is 0.238 e. The van der Waals surface area contributed by atoms with Crippen molar-refractivity contribution in [3.63, 3.8) is 0 Å². The monoisotopic (exact) mass is 211 g/mol. The van der Waals surface area contributed by atoms with E-state index in [1.165, 1.54) is 0 Å². The first-order valence-corrected chi connectivity index (χ1v) is 5.53. The smallest absolute Gasteiger partial charge is 0.194 e. The van der Waals surface area contributed by atoms with Crippen LogP contribution in [-0.2, 0) is 0 Å². The zero-order chi connectivity index (χ0) is 12.3. The van der Waals surface area contributed by atoms with Gasteiger partial charge < -0.3 is 0 Å². The Hall–Kier alpha value is -1.73. The molecular weight excluding hydrogens is 194 g/mol. The number of terminal acetylenes is 1. The average molecular weight is 211 g/mol. The van der Waals surface area contributed by atoms with Crippen LogP contribution in [0.3, 0.4) is 0 Å². The van der Waals surface area contributed by atoms with Crippen molar-refractivity contribution in [3.05, 3.63) is 40.2 Å². The summed E-state index contributed by atoms with van der Waals surface area (Å²) in [5.74, 6) is 3.32. The predicted molar refractivity (Wildman–Crippen MR) is 68.8 cm³/mol. The normalized spacial score (nSPS) is 10.2. The van der Waals surface area contributed by atoms with E-state index in [0.717, 1.165) is 22.4 Å². The van der Waals surface area contributed by atoms with E-state index in [4.69, 9.17) is 13.0 Å². The molecule has 1 nitrogen and oxygen atoms in total. The first kappa shape index (κ1) is 12.3. The van der Waals surface area contributed by atoms with Gasteiger partial charge in [-0.1, -0.05) is 45.7 Å². The Bertz CT molecular complexity index is 438. The average Bonchev–Trinajstić information content (AvgIpc) is 2.26. The lowest BCUT2D eigenvalue weighted by atomic mass is 9.91. The molecule has 0 amide bonds. The molecule has 0 aliphatic carbocycles. The highest BCUT2D eigenvalue weighted by molar-refractivity contribution is 5.64. The minimum Gasteiger partial charge on any atom is -0.238 e. The fraction of sp³-hybridized carbons (Fsp3) is 0.400. The number of hydrogen-bond donors (Lipinski definition) is 0. The van der Waals surface area contributed by atoms with Crippen molar-refractivity contribution in [2.75, 3.05) is 0 Å². The van der Waals surface area contributed by atoms with Crippen LogP contribution in [0.25, 0.3) is 4.85 Å². The summed E-state index contributed by atoms with van der Waals surface area (Å²) in [6.07, 6.45) is 5.45. The van der Waals surface area contributed by atoms with Crippen molar-refractivity contribution in [1.82, 2.24) is 0 Å². The number of rotatable bonds is 2. The van der Waals surface area contributed by atoms with Gasteiger partial charge in [-0.2, -0.15) is 0 Å². The molecule has 1 rings (SSSR count). The van der Waals surface area contributed by atoms with Gasteiger partial charge in [0.25, 0.3) is 0 Å². The van der Waals surface area contributed by atoms with Gasteiger partial charge in [-0.05, 0) is 23.0 Å². The maximum atomic E-state index is 7.31. The molecule has 0 aliphatic heterocycles. The number of benzene rings is 1. The minimum atomic E-state index is 0.329. The molecule has 0 saturated carbocycles. The molecule has 1 heteroatoms. The molecule has 0 atom stereocenters. The van der Waals surface area contributed by atoms with Crippen LogP contribution in [0.2, 0.25) is 0 Å². The second-order valence-electron chi connectivity index (χ2n) is 4.57. The van der Waals surface area contributed by atoms with E-state index >= 15 is 0 Å². The Morgan fingerprint density at radius 3 is 1.81 bits per heavy atom. The summed E-state index contributed by atoms with van der Waals surface area (Å²) in [6.45, 7) is 15.7.